The monoisotopic (exact) mass is 475 g/mol. The molecule has 2 amide bonds. The summed E-state index contributed by atoms with van der Waals surface area (Å²) in [7, 11) is 0. The molecule has 3 aliphatic rings. The molecule has 2 aliphatic carbocycles. The van der Waals surface area contributed by atoms with E-state index in [9.17, 15) is 9.59 Å². The van der Waals surface area contributed by atoms with Gasteiger partial charge in [-0.3, -0.25) is 14.3 Å². The van der Waals surface area contributed by atoms with E-state index < -0.39 is 0 Å². The highest BCUT2D eigenvalue weighted by molar-refractivity contribution is 5.92. The zero-order valence-corrected chi connectivity index (χ0v) is 20.2. The van der Waals surface area contributed by atoms with Crippen LogP contribution in [0.4, 0.5) is 0 Å². The molecule has 35 heavy (non-hydrogen) atoms. The lowest BCUT2D eigenvalue weighted by Gasteiger charge is -2.27. The molecule has 0 spiro atoms. The van der Waals surface area contributed by atoms with Crippen LogP contribution in [0.15, 0.2) is 30.7 Å². The van der Waals surface area contributed by atoms with Crippen molar-refractivity contribution in [2.75, 3.05) is 6.54 Å². The molecule has 0 bridgehead atoms. The SMILES string of the molecule is CCn1nccc1C(=O)NC(c1cn2ncc(CC3CCCNC3=O)cc2n1)C(C1CC1)C1CC1. The Labute approximate surface area is 204 Å². The van der Waals surface area contributed by atoms with E-state index in [1.54, 1.807) is 21.5 Å². The molecule has 3 aromatic rings. The number of nitrogens with zero attached hydrogens (tertiary/aromatic N) is 5. The van der Waals surface area contributed by atoms with Gasteiger partial charge in [-0.1, -0.05) is 0 Å². The van der Waals surface area contributed by atoms with E-state index in [-0.39, 0.29) is 23.8 Å². The predicted octanol–water partition coefficient (Wildman–Crippen LogP) is 2.92. The molecular weight excluding hydrogens is 442 g/mol. The summed E-state index contributed by atoms with van der Waals surface area (Å²) in [5.74, 6) is 1.70. The van der Waals surface area contributed by atoms with Crippen molar-refractivity contribution in [1.29, 1.82) is 0 Å². The second kappa shape index (κ2) is 9.09. The number of amides is 2. The van der Waals surface area contributed by atoms with Crippen molar-refractivity contribution < 1.29 is 9.59 Å². The first-order valence-corrected chi connectivity index (χ1v) is 13.0. The number of piperidine rings is 1. The first-order chi connectivity index (χ1) is 17.1. The van der Waals surface area contributed by atoms with Crippen LogP contribution in [0.25, 0.3) is 5.65 Å². The topological polar surface area (TPSA) is 106 Å². The summed E-state index contributed by atoms with van der Waals surface area (Å²) in [6.45, 7) is 3.40. The molecule has 0 radical (unpaired) electrons. The number of hydrogen-bond donors (Lipinski definition) is 2. The van der Waals surface area contributed by atoms with Gasteiger partial charge in [0, 0.05) is 25.2 Å². The highest BCUT2D eigenvalue weighted by Crippen LogP contribution is 2.54. The Kier molecular flexibility index (Phi) is 5.78. The van der Waals surface area contributed by atoms with E-state index in [1.807, 2.05) is 25.4 Å². The van der Waals surface area contributed by atoms with Crippen LogP contribution in [0.3, 0.4) is 0 Å². The minimum atomic E-state index is -0.156. The number of imidazole rings is 1. The lowest BCUT2D eigenvalue weighted by Crippen LogP contribution is -2.37. The van der Waals surface area contributed by atoms with Gasteiger partial charge in [-0.05, 0) is 87.3 Å². The van der Waals surface area contributed by atoms with Gasteiger partial charge in [0.2, 0.25) is 5.91 Å². The Morgan fingerprint density at radius 1 is 1.20 bits per heavy atom. The predicted molar refractivity (Wildman–Crippen MR) is 129 cm³/mol. The van der Waals surface area contributed by atoms with Crippen molar-refractivity contribution in [2.24, 2.45) is 23.7 Å². The summed E-state index contributed by atoms with van der Waals surface area (Å²) >= 11 is 0. The third-order valence-electron chi connectivity index (χ3n) is 7.85. The van der Waals surface area contributed by atoms with Gasteiger partial charge in [0.1, 0.15) is 5.69 Å². The smallest absolute Gasteiger partial charge is 0.270 e. The summed E-state index contributed by atoms with van der Waals surface area (Å²) in [5, 5.41) is 15.2. The molecule has 9 nitrogen and oxygen atoms in total. The maximum Gasteiger partial charge on any atom is 0.270 e. The third kappa shape index (κ3) is 4.56. The van der Waals surface area contributed by atoms with Crippen LogP contribution < -0.4 is 10.6 Å². The van der Waals surface area contributed by atoms with Crippen molar-refractivity contribution >= 4 is 17.5 Å². The van der Waals surface area contributed by atoms with Crippen molar-refractivity contribution in [1.82, 2.24) is 35.0 Å². The van der Waals surface area contributed by atoms with Gasteiger partial charge >= 0.3 is 0 Å². The van der Waals surface area contributed by atoms with Crippen molar-refractivity contribution in [3.8, 4) is 0 Å². The van der Waals surface area contributed by atoms with Gasteiger partial charge in [0.15, 0.2) is 5.65 Å². The minimum Gasteiger partial charge on any atom is -0.356 e. The molecule has 2 unspecified atom stereocenters. The van der Waals surface area contributed by atoms with Gasteiger partial charge < -0.3 is 10.6 Å². The molecule has 4 heterocycles. The molecule has 1 saturated heterocycles. The number of nitrogens with one attached hydrogen (secondary N) is 2. The molecule has 9 heteroatoms. The summed E-state index contributed by atoms with van der Waals surface area (Å²) in [6, 6.07) is 3.65. The van der Waals surface area contributed by atoms with Gasteiger partial charge in [0.25, 0.3) is 5.91 Å². The Bertz CT molecular complexity index is 1230. The Balaban J connectivity index is 1.29. The van der Waals surface area contributed by atoms with E-state index in [0.29, 0.717) is 36.4 Å². The Morgan fingerprint density at radius 2 is 2.00 bits per heavy atom. The van der Waals surface area contributed by atoms with E-state index in [2.05, 4.69) is 20.8 Å². The maximum absolute atomic E-state index is 13.3. The fourth-order valence-corrected chi connectivity index (χ4v) is 5.76. The van der Waals surface area contributed by atoms with Crippen LogP contribution in [-0.4, -0.2) is 42.7 Å². The third-order valence-corrected chi connectivity index (χ3v) is 7.85. The molecule has 3 aromatic heterocycles. The largest absolute Gasteiger partial charge is 0.356 e. The number of carbonyl (C=O) groups excluding carboxylic acids is 2. The fraction of sp³-hybridized carbons (Fsp3) is 0.577. The number of aromatic nitrogens is 5. The number of fused-ring (bicyclic) bond motifs is 1. The van der Waals surface area contributed by atoms with Crippen LogP contribution in [0.1, 0.15) is 73.2 Å². The molecule has 2 saturated carbocycles. The number of carbonyl (C=O) groups is 2. The molecule has 3 fully saturated rings. The molecule has 1 aliphatic heterocycles. The minimum absolute atomic E-state index is 0.00741. The van der Waals surface area contributed by atoms with Gasteiger partial charge in [-0.2, -0.15) is 10.2 Å². The molecule has 2 atom stereocenters. The summed E-state index contributed by atoms with van der Waals surface area (Å²) in [4.78, 5) is 30.5. The van der Waals surface area contributed by atoms with Crippen LogP contribution >= 0.6 is 0 Å². The summed E-state index contributed by atoms with van der Waals surface area (Å²) < 4.78 is 3.53. The maximum atomic E-state index is 13.3. The normalized spacial score (nSPS) is 21.3. The van der Waals surface area contributed by atoms with Gasteiger partial charge in [-0.25, -0.2) is 9.50 Å². The van der Waals surface area contributed by atoms with Crippen molar-refractivity contribution in [3.63, 3.8) is 0 Å². The molecular formula is C26H33N7O2. The van der Waals surface area contributed by atoms with E-state index in [1.165, 1.54) is 25.7 Å². The fourth-order valence-electron chi connectivity index (χ4n) is 5.76. The molecule has 0 aromatic carbocycles. The Hall–Kier alpha value is -3.23. The van der Waals surface area contributed by atoms with Gasteiger partial charge in [-0.15, -0.1) is 0 Å². The molecule has 2 N–H and O–H groups in total. The quantitative estimate of drug-likeness (QED) is 0.495. The van der Waals surface area contributed by atoms with E-state index in [0.717, 1.165) is 36.3 Å². The van der Waals surface area contributed by atoms with Crippen molar-refractivity contribution in [3.05, 3.63) is 47.7 Å². The van der Waals surface area contributed by atoms with Crippen LogP contribution in [-0.2, 0) is 17.8 Å². The molecule has 184 valence electrons. The molecule has 6 rings (SSSR count). The zero-order valence-electron chi connectivity index (χ0n) is 20.2. The average Bonchev–Trinajstić information content (AvgIpc) is 3.79. The van der Waals surface area contributed by atoms with Crippen LogP contribution in [0, 0.1) is 23.7 Å². The summed E-state index contributed by atoms with van der Waals surface area (Å²) in [6.07, 6.45) is 13.0. The first kappa shape index (κ1) is 22.2. The zero-order chi connectivity index (χ0) is 23.9. The van der Waals surface area contributed by atoms with E-state index in [4.69, 9.17) is 4.98 Å². The average molecular weight is 476 g/mol. The lowest BCUT2D eigenvalue weighted by molar-refractivity contribution is -0.126. The van der Waals surface area contributed by atoms with Gasteiger partial charge in [0.05, 0.1) is 24.1 Å². The Morgan fingerprint density at radius 3 is 2.71 bits per heavy atom. The highest BCUT2D eigenvalue weighted by Gasteiger charge is 2.47. The summed E-state index contributed by atoms with van der Waals surface area (Å²) in [5.41, 5.74) is 3.23. The second-order valence-corrected chi connectivity index (χ2v) is 10.4. The number of aryl methyl sites for hydroxylation is 1. The number of rotatable bonds is 9. The van der Waals surface area contributed by atoms with E-state index >= 15 is 0 Å². The van der Waals surface area contributed by atoms with Crippen LogP contribution in [0.2, 0.25) is 0 Å². The number of hydrogen-bond acceptors (Lipinski definition) is 5. The van der Waals surface area contributed by atoms with Crippen LogP contribution in [0.5, 0.6) is 0 Å². The second-order valence-electron chi connectivity index (χ2n) is 10.4. The first-order valence-electron chi connectivity index (χ1n) is 13.0. The highest BCUT2D eigenvalue weighted by atomic mass is 16.2. The standard InChI is InChI=1S/C26H33N7O2/c1-2-32-21(9-11-28-32)26(35)31-24(23(17-5-6-17)18-7-8-18)20-15-33-22(30-20)13-16(14-29-33)12-19-4-3-10-27-25(19)34/h9,11,13-15,17-19,23-24H,2-8,10,12H2,1H3,(H,27,34)(H,31,35). The lowest BCUT2D eigenvalue weighted by atomic mass is 9.87. The van der Waals surface area contributed by atoms with Crippen molar-refractivity contribution in [2.45, 2.75) is 64.5 Å².